The van der Waals surface area contributed by atoms with E-state index < -0.39 is 59.0 Å². The van der Waals surface area contributed by atoms with Crippen molar-refractivity contribution in [2.75, 3.05) is 39.2 Å². The molecule has 2 heterocycles. The number of benzene rings is 4. The molecule has 0 atom stereocenters. The molecule has 0 saturated carbocycles. The first-order chi connectivity index (χ1) is 31.5. The highest BCUT2D eigenvalue weighted by atomic mass is 19.4. The average Bonchev–Trinajstić information content (AvgIpc) is 3.75. The van der Waals surface area contributed by atoms with Crippen molar-refractivity contribution < 1.29 is 51.0 Å². The van der Waals surface area contributed by atoms with Gasteiger partial charge in [0, 0.05) is 53.9 Å². The largest absolute Gasteiger partial charge is 0.497 e. The smallest absolute Gasteiger partial charge is 0.434 e. The van der Waals surface area contributed by atoms with Crippen molar-refractivity contribution in [3.63, 3.8) is 0 Å². The molecule has 66 heavy (non-hydrogen) atoms. The predicted octanol–water partition coefficient (Wildman–Crippen LogP) is 3.78. The Morgan fingerprint density at radius 1 is 0.848 bits per heavy atom. The Labute approximate surface area is 371 Å². The monoisotopic (exact) mass is 912 g/mol. The van der Waals surface area contributed by atoms with Crippen LogP contribution in [0.3, 0.4) is 0 Å². The number of nitrogens with zero attached hydrogens (tertiary/aromatic N) is 3. The van der Waals surface area contributed by atoms with Gasteiger partial charge in [0.05, 0.1) is 49.5 Å². The Morgan fingerprint density at radius 3 is 2.29 bits per heavy atom. The van der Waals surface area contributed by atoms with Gasteiger partial charge in [-0.3, -0.25) is 29.0 Å². The number of carbonyl (C=O) groups excluding carboxylic acids is 4. The summed E-state index contributed by atoms with van der Waals surface area (Å²) in [5.41, 5.74) is 15.7. The number of alkyl halides is 3. The zero-order valence-electron chi connectivity index (χ0n) is 34.9. The van der Waals surface area contributed by atoms with Gasteiger partial charge in [0.2, 0.25) is 0 Å². The van der Waals surface area contributed by atoms with Crippen molar-refractivity contribution in [3.05, 3.63) is 147 Å². The van der Waals surface area contributed by atoms with Crippen LogP contribution in [-0.2, 0) is 22.3 Å². The quantitative estimate of drug-likeness (QED) is 0.0228. The summed E-state index contributed by atoms with van der Waals surface area (Å²) in [5, 5.41) is 11.8. The highest BCUT2D eigenvalue weighted by Gasteiger charge is 2.41. The molecule has 0 radical (unpaired) electrons. The van der Waals surface area contributed by atoms with E-state index >= 15 is 0 Å². The number of aliphatic imine (C=N–C) groups is 1. The maximum absolute atomic E-state index is 14.5. The number of primary amides is 1. The Balaban J connectivity index is 1.05. The number of halogens is 4. The number of pyridine rings is 1. The highest BCUT2D eigenvalue weighted by molar-refractivity contribution is 6.24. The first-order valence-corrected chi connectivity index (χ1v) is 19.5. The molecule has 6 rings (SSSR count). The SMILES string of the molecule is COc1cc(NC(=O)c2cnn(-c3cccc4c(=O)[nH]ccc34)c2C(F)(F)F)cc(OCC(=O)NCCN=C(N)/C(C(N)=O)=C(\N)c2ccc(CNC(=O)c3cc(F)ccc3OC)cc2)c1. The van der Waals surface area contributed by atoms with Gasteiger partial charge in [0.15, 0.2) is 12.3 Å². The molecule has 4 aromatic carbocycles. The number of aromatic amines is 1. The predicted molar refractivity (Wildman–Crippen MR) is 233 cm³/mol. The number of aromatic nitrogens is 3. The normalized spacial score (nSPS) is 11.9. The van der Waals surface area contributed by atoms with Gasteiger partial charge in [-0.25, -0.2) is 9.07 Å². The van der Waals surface area contributed by atoms with E-state index in [1.54, 1.807) is 24.3 Å². The fraction of sp³-hybridized carbons (Fsp3) is 0.159. The van der Waals surface area contributed by atoms with Crippen LogP contribution >= 0.6 is 0 Å². The molecule has 0 bridgehead atoms. The van der Waals surface area contributed by atoms with Crippen LogP contribution in [0.4, 0.5) is 23.2 Å². The number of anilines is 1. The molecule has 0 spiro atoms. The van der Waals surface area contributed by atoms with Crippen LogP contribution in [0.15, 0.2) is 113 Å². The maximum atomic E-state index is 14.5. The minimum Gasteiger partial charge on any atom is -0.497 e. The summed E-state index contributed by atoms with van der Waals surface area (Å²) in [4.78, 5) is 70.0. The molecule has 6 aromatic rings. The molecule has 0 aliphatic rings. The van der Waals surface area contributed by atoms with Gasteiger partial charge in [-0.2, -0.15) is 18.3 Å². The second-order valence-electron chi connectivity index (χ2n) is 14.0. The lowest BCUT2D eigenvalue weighted by atomic mass is 10.0. The van der Waals surface area contributed by atoms with E-state index in [4.69, 9.17) is 31.4 Å². The molecule has 10 N–H and O–H groups in total. The molecule has 22 heteroatoms. The van der Waals surface area contributed by atoms with E-state index in [1.807, 2.05) is 0 Å². The number of amidine groups is 1. The Bertz CT molecular complexity index is 2950. The van der Waals surface area contributed by atoms with E-state index in [0.29, 0.717) is 15.8 Å². The standard InChI is InChI=1S/C44H40F4N10O8/c1-64-27-17-26(57-43(63)32-21-56-58(38(32)44(46,47)48)33-5-3-4-30-29(33)12-13-54-41(30)61)18-28(19-27)66-22-35(59)52-14-15-53-39(50)36(40(51)60)37(49)24-8-6-23(7-9-24)20-55-42(62)31-16-25(45)10-11-34(31)65-2/h3-13,16-19,21H,14-15,20,22,49H2,1-2H3,(H2,50,53)(H2,51,60)(H,52,59)(H,54,61)(H,55,62)(H,57,63)/b37-36+. The second-order valence-corrected chi connectivity index (χ2v) is 14.0. The van der Waals surface area contributed by atoms with Crippen LogP contribution in [0.5, 0.6) is 17.2 Å². The fourth-order valence-electron chi connectivity index (χ4n) is 6.53. The van der Waals surface area contributed by atoms with Crippen LogP contribution in [0.2, 0.25) is 0 Å². The number of H-pyrrole nitrogens is 1. The zero-order valence-corrected chi connectivity index (χ0v) is 34.9. The minimum absolute atomic E-state index is 0.00353. The van der Waals surface area contributed by atoms with Crippen LogP contribution in [0.1, 0.15) is 37.5 Å². The summed E-state index contributed by atoms with van der Waals surface area (Å²) in [6.45, 7) is -0.702. The average molecular weight is 913 g/mol. The third-order valence-corrected chi connectivity index (χ3v) is 9.66. The highest BCUT2D eigenvalue weighted by Crippen LogP contribution is 2.36. The molecule has 18 nitrogen and oxygen atoms in total. The van der Waals surface area contributed by atoms with Crippen molar-refractivity contribution in [2.45, 2.75) is 12.7 Å². The summed E-state index contributed by atoms with van der Waals surface area (Å²) in [6, 6.07) is 19.5. The summed E-state index contributed by atoms with van der Waals surface area (Å²) < 4.78 is 73.9. The fourth-order valence-corrected chi connectivity index (χ4v) is 6.53. The summed E-state index contributed by atoms with van der Waals surface area (Å²) in [7, 11) is 2.66. The molecule has 0 fully saturated rings. The molecule has 4 amide bonds. The topological polar surface area (TPSA) is 273 Å². The second kappa shape index (κ2) is 20.2. The number of hydrogen-bond donors (Lipinski definition) is 7. The lowest BCUT2D eigenvalue weighted by Gasteiger charge is -2.15. The third-order valence-electron chi connectivity index (χ3n) is 9.66. The van der Waals surface area contributed by atoms with Crippen molar-refractivity contribution in [2.24, 2.45) is 22.2 Å². The summed E-state index contributed by atoms with van der Waals surface area (Å²) >= 11 is 0. The van der Waals surface area contributed by atoms with Gasteiger partial charge in [-0.15, -0.1) is 0 Å². The van der Waals surface area contributed by atoms with Gasteiger partial charge in [0.1, 0.15) is 34.5 Å². The van der Waals surface area contributed by atoms with E-state index in [-0.39, 0.29) is 81.7 Å². The number of fused-ring (bicyclic) bond motifs is 1. The van der Waals surface area contributed by atoms with Crippen LogP contribution in [0, 0.1) is 5.82 Å². The zero-order chi connectivity index (χ0) is 47.7. The molecular weight excluding hydrogens is 873 g/mol. The van der Waals surface area contributed by atoms with Gasteiger partial charge in [0.25, 0.3) is 29.2 Å². The van der Waals surface area contributed by atoms with Crippen LogP contribution in [0.25, 0.3) is 22.2 Å². The molecule has 0 aliphatic carbocycles. The first-order valence-electron chi connectivity index (χ1n) is 19.5. The van der Waals surface area contributed by atoms with E-state index in [1.165, 1.54) is 75.0 Å². The van der Waals surface area contributed by atoms with E-state index in [0.717, 1.165) is 12.3 Å². The number of nitrogens with two attached hydrogens (primary N) is 3. The first kappa shape index (κ1) is 46.8. The van der Waals surface area contributed by atoms with Crippen molar-refractivity contribution in [1.29, 1.82) is 0 Å². The molecule has 0 unspecified atom stereocenters. The molecule has 0 aliphatic heterocycles. The Morgan fingerprint density at radius 2 is 1.59 bits per heavy atom. The lowest BCUT2D eigenvalue weighted by Crippen LogP contribution is -2.33. The van der Waals surface area contributed by atoms with Gasteiger partial charge in [-0.05, 0) is 47.5 Å². The molecule has 342 valence electrons. The maximum Gasteiger partial charge on any atom is 0.434 e. The van der Waals surface area contributed by atoms with Gasteiger partial charge in [-0.1, -0.05) is 30.3 Å². The van der Waals surface area contributed by atoms with Crippen molar-refractivity contribution in [1.82, 2.24) is 25.4 Å². The molecule has 0 saturated heterocycles. The lowest BCUT2D eigenvalue weighted by molar-refractivity contribution is -0.143. The van der Waals surface area contributed by atoms with E-state index in [9.17, 15) is 41.5 Å². The number of rotatable bonds is 17. The van der Waals surface area contributed by atoms with Crippen molar-refractivity contribution >= 4 is 51.6 Å². The number of hydrogen-bond acceptors (Lipinski definition) is 11. The number of amides is 4. The van der Waals surface area contributed by atoms with Gasteiger partial charge < -0.3 is 52.3 Å². The number of carbonyl (C=O) groups is 4. The number of methoxy groups -OCH3 is 2. The summed E-state index contributed by atoms with van der Waals surface area (Å²) in [6.07, 6.45) is -3.02. The minimum atomic E-state index is -5.06. The molecule has 2 aromatic heterocycles. The van der Waals surface area contributed by atoms with Crippen molar-refractivity contribution in [3.8, 4) is 22.9 Å². The Hall–Kier alpha value is -8.69. The van der Waals surface area contributed by atoms with E-state index in [2.05, 4.69) is 31.0 Å². The Kier molecular flexibility index (Phi) is 14.3. The van der Waals surface area contributed by atoms with Gasteiger partial charge >= 0.3 is 6.18 Å². The third kappa shape index (κ3) is 10.9. The summed E-state index contributed by atoms with van der Waals surface area (Å²) in [5.74, 6) is -3.94. The number of nitrogens with one attached hydrogen (secondary N) is 4. The molecular formula is C44H40F4N10O8. The number of ether oxygens (including phenoxy) is 3. The van der Waals surface area contributed by atoms with Crippen LogP contribution < -0.4 is 52.9 Å². The van der Waals surface area contributed by atoms with Crippen LogP contribution in [-0.4, -0.2) is 78.1 Å².